The van der Waals surface area contributed by atoms with E-state index in [1.807, 2.05) is 6.92 Å². The maximum absolute atomic E-state index is 13.6. The van der Waals surface area contributed by atoms with Gasteiger partial charge in [-0.05, 0) is 55.8 Å². The highest BCUT2D eigenvalue weighted by Crippen LogP contribution is 2.48. The van der Waals surface area contributed by atoms with Gasteiger partial charge in [0.15, 0.2) is 0 Å². The summed E-state index contributed by atoms with van der Waals surface area (Å²) in [4.78, 5) is 26.7. The predicted octanol–water partition coefficient (Wildman–Crippen LogP) is 3.77. The van der Waals surface area contributed by atoms with Crippen molar-refractivity contribution >= 4 is 37.5 Å². The molecule has 5 rings (SSSR count). The molecule has 0 aliphatic carbocycles. The van der Waals surface area contributed by atoms with Crippen molar-refractivity contribution in [3.8, 4) is 0 Å². The molecule has 2 heterocycles. The molecule has 3 aromatic rings. The number of carbonyl (C=O) groups is 2. The lowest BCUT2D eigenvalue weighted by Gasteiger charge is -2.22. The molecular formula is C26H24N2O6S2. The molecule has 0 aromatic heterocycles. The molecule has 2 aliphatic heterocycles. The second kappa shape index (κ2) is 7.75. The van der Waals surface area contributed by atoms with Crippen molar-refractivity contribution < 1.29 is 26.4 Å². The molecule has 0 radical (unpaired) electrons. The Bertz CT molecular complexity index is 1660. The Kier molecular flexibility index (Phi) is 5.21. The van der Waals surface area contributed by atoms with Crippen LogP contribution >= 0.6 is 0 Å². The summed E-state index contributed by atoms with van der Waals surface area (Å²) in [7, 11) is -8.43. The number of anilines is 1. The number of amides is 2. The zero-order valence-corrected chi connectivity index (χ0v) is 21.8. The quantitative estimate of drug-likeness (QED) is 0.481. The minimum absolute atomic E-state index is 0.0289. The first-order valence-electron chi connectivity index (χ1n) is 11.2. The molecule has 2 aliphatic rings. The highest BCUT2D eigenvalue weighted by atomic mass is 32.2. The van der Waals surface area contributed by atoms with Crippen LogP contribution in [0.15, 0.2) is 70.5 Å². The smallest absolute Gasteiger partial charge is 0.267 e. The lowest BCUT2D eigenvalue weighted by atomic mass is 9.82. The molecule has 186 valence electrons. The van der Waals surface area contributed by atoms with Crippen LogP contribution in [0.1, 0.15) is 51.3 Å². The van der Waals surface area contributed by atoms with Gasteiger partial charge in [-0.3, -0.25) is 13.9 Å². The molecule has 0 fully saturated rings. The maximum atomic E-state index is 13.6. The van der Waals surface area contributed by atoms with Crippen LogP contribution in [0.25, 0.3) is 0 Å². The van der Waals surface area contributed by atoms with E-state index in [0.717, 1.165) is 11.1 Å². The van der Waals surface area contributed by atoms with Crippen LogP contribution < -0.4 is 4.31 Å². The fourth-order valence-electron chi connectivity index (χ4n) is 4.80. The summed E-state index contributed by atoms with van der Waals surface area (Å²) in [5.74, 6) is -1.93. The molecule has 10 heteroatoms. The Hall–Kier alpha value is -3.50. The Balaban J connectivity index is 1.65. The van der Waals surface area contributed by atoms with Gasteiger partial charge in [0, 0.05) is 12.0 Å². The molecule has 36 heavy (non-hydrogen) atoms. The molecule has 3 aromatic carbocycles. The Labute approximate surface area is 210 Å². The molecular weight excluding hydrogens is 500 g/mol. The van der Waals surface area contributed by atoms with Crippen molar-refractivity contribution in [1.82, 2.24) is 4.31 Å². The van der Waals surface area contributed by atoms with E-state index < -0.39 is 37.3 Å². The van der Waals surface area contributed by atoms with Crippen LogP contribution in [0.2, 0.25) is 0 Å². The highest BCUT2D eigenvalue weighted by molar-refractivity contribution is 7.93. The summed E-state index contributed by atoms with van der Waals surface area (Å²) in [6.45, 7) is 7.21. The van der Waals surface area contributed by atoms with Gasteiger partial charge in [0.05, 0.1) is 26.6 Å². The molecule has 0 N–H and O–H groups in total. The van der Waals surface area contributed by atoms with Crippen LogP contribution in [-0.4, -0.2) is 39.5 Å². The Morgan fingerprint density at radius 2 is 1.19 bits per heavy atom. The van der Waals surface area contributed by atoms with Gasteiger partial charge >= 0.3 is 0 Å². The van der Waals surface area contributed by atoms with Gasteiger partial charge in [0.25, 0.3) is 31.9 Å². The van der Waals surface area contributed by atoms with Crippen molar-refractivity contribution in [1.29, 1.82) is 0 Å². The maximum Gasteiger partial charge on any atom is 0.276 e. The summed E-state index contributed by atoms with van der Waals surface area (Å²) in [6.07, 6.45) is 0. The first-order valence-corrected chi connectivity index (χ1v) is 14.1. The normalized spacial score (nSPS) is 16.9. The second-order valence-electron chi connectivity index (χ2n) is 9.78. The number of benzene rings is 3. The third kappa shape index (κ3) is 3.39. The van der Waals surface area contributed by atoms with E-state index in [-0.39, 0.29) is 37.5 Å². The van der Waals surface area contributed by atoms with Crippen molar-refractivity contribution in [3.05, 3.63) is 88.5 Å². The zero-order valence-electron chi connectivity index (χ0n) is 20.1. The van der Waals surface area contributed by atoms with Crippen LogP contribution in [-0.2, 0) is 25.5 Å². The third-order valence-electron chi connectivity index (χ3n) is 6.65. The number of rotatable bonds is 4. The number of sulfonamides is 2. The SMILES string of the molecule is Cc1ccc(S(=O)(=O)N2C(=O)c3ccc4c(c3C2=O)C(C)(C)CN4S(=O)(=O)c2ccc(C)cc2)cc1. The molecule has 0 saturated heterocycles. The number of imide groups is 1. The molecule has 0 atom stereocenters. The standard InChI is InChI=1S/C26H24N2O6S2/c1-16-5-9-18(10-6-16)35(31,32)27-15-26(3,4)23-21(27)14-13-20-22(23)25(30)28(24(20)29)36(33,34)19-11-7-17(2)8-12-19/h5-14H,15H2,1-4H3. The number of carbonyl (C=O) groups excluding carboxylic acids is 2. The predicted molar refractivity (Wildman–Crippen MR) is 134 cm³/mol. The minimum Gasteiger partial charge on any atom is -0.267 e. The monoisotopic (exact) mass is 524 g/mol. The minimum atomic E-state index is -4.46. The Morgan fingerprint density at radius 1 is 0.694 bits per heavy atom. The summed E-state index contributed by atoms with van der Waals surface area (Å²) in [5, 5.41) is 0. The lowest BCUT2D eigenvalue weighted by Crippen LogP contribution is -2.36. The van der Waals surface area contributed by atoms with Crippen LogP contribution in [0.4, 0.5) is 5.69 Å². The van der Waals surface area contributed by atoms with Crippen LogP contribution in [0.3, 0.4) is 0 Å². The molecule has 0 saturated carbocycles. The summed E-state index contributed by atoms with van der Waals surface area (Å²) >= 11 is 0. The summed E-state index contributed by atoms with van der Waals surface area (Å²) in [5.41, 5.74) is 1.35. The number of hydrogen-bond acceptors (Lipinski definition) is 6. The van der Waals surface area contributed by atoms with Gasteiger partial charge in [0.2, 0.25) is 0 Å². The Morgan fingerprint density at radius 3 is 1.72 bits per heavy atom. The van der Waals surface area contributed by atoms with Gasteiger partial charge < -0.3 is 0 Å². The van der Waals surface area contributed by atoms with Crippen LogP contribution in [0, 0.1) is 13.8 Å². The topological polar surface area (TPSA) is 109 Å². The zero-order chi connectivity index (χ0) is 26.2. The van der Waals surface area contributed by atoms with Crippen molar-refractivity contribution in [2.45, 2.75) is 42.9 Å². The molecule has 0 bridgehead atoms. The average Bonchev–Trinajstić information content (AvgIpc) is 3.24. The average molecular weight is 525 g/mol. The molecule has 8 nitrogen and oxygen atoms in total. The van der Waals surface area contributed by atoms with Crippen molar-refractivity contribution in [3.63, 3.8) is 0 Å². The third-order valence-corrected chi connectivity index (χ3v) is 10.1. The molecule has 0 spiro atoms. The molecule has 2 amide bonds. The van der Waals surface area contributed by atoms with Gasteiger partial charge in [0.1, 0.15) is 0 Å². The lowest BCUT2D eigenvalue weighted by molar-refractivity contribution is 0.0764. The largest absolute Gasteiger partial charge is 0.276 e. The van der Waals surface area contributed by atoms with Crippen molar-refractivity contribution in [2.75, 3.05) is 10.8 Å². The van der Waals surface area contributed by atoms with Gasteiger partial charge in [-0.15, -0.1) is 0 Å². The van der Waals surface area contributed by atoms with E-state index in [0.29, 0.717) is 5.56 Å². The van der Waals surface area contributed by atoms with E-state index >= 15 is 0 Å². The fraction of sp³-hybridized carbons (Fsp3) is 0.231. The van der Waals surface area contributed by atoms with Gasteiger partial charge in [-0.2, -0.15) is 4.31 Å². The number of nitrogens with zero attached hydrogens (tertiary/aromatic N) is 2. The number of hydrogen-bond donors (Lipinski definition) is 0. The summed E-state index contributed by atoms with van der Waals surface area (Å²) in [6, 6.07) is 15.1. The van der Waals surface area contributed by atoms with Crippen molar-refractivity contribution in [2.24, 2.45) is 0 Å². The van der Waals surface area contributed by atoms with E-state index in [1.54, 1.807) is 45.0 Å². The molecule has 0 unspecified atom stereocenters. The van der Waals surface area contributed by atoms with Gasteiger partial charge in [-0.25, -0.2) is 16.8 Å². The number of aryl methyl sites for hydroxylation is 2. The first-order chi connectivity index (χ1) is 16.8. The van der Waals surface area contributed by atoms with E-state index in [1.165, 1.54) is 40.7 Å². The van der Waals surface area contributed by atoms with E-state index in [4.69, 9.17) is 0 Å². The van der Waals surface area contributed by atoms with Crippen LogP contribution in [0.5, 0.6) is 0 Å². The van der Waals surface area contributed by atoms with E-state index in [2.05, 4.69) is 0 Å². The second-order valence-corrected chi connectivity index (χ2v) is 13.4. The first kappa shape index (κ1) is 24.2. The van der Waals surface area contributed by atoms with Gasteiger partial charge in [-0.1, -0.05) is 49.2 Å². The number of fused-ring (bicyclic) bond motifs is 3. The van der Waals surface area contributed by atoms with E-state index in [9.17, 15) is 26.4 Å². The highest BCUT2D eigenvalue weighted by Gasteiger charge is 2.51. The fourth-order valence-corrected chi connectivity index (χ4v) is 7.75. The summed E-state index contributed by atoms with van der Waals surface area (Å²) < 4.78 is 55.2.